The minimum Gasteiger partial charge on any atom is -0.362 e. The van der Waals surface area contributed by atoms with E-state index < -0.39 is 10.4 Å². The molecule has 0 spiro atoms. The van der Waals surface area contributed by atoms with Crippen LogP contribution in [0.4, 0.5) is 0 Å². The Labute approximate surface area is 102 Å². The van der Waals surface area contributed by atoms with Crippen LogP contribution in [0, 0.1) is 0 Å². The van der Waals surface area contributed by atoms with Gasteiger partial charge in [0.1, 0.15) is 5.75 Å². The van der Waals surface area contributed by atoms with Crippen LogP contribution < -0.4 is 4.18 Å². The van der Waals surface area contributed by atoms with Gasteiger partial charge in [-0.2, -0.15) is 8.42 Å². The Morgan fingerprint density at radius 3 is 2.41 bits per heavy atom. The van der Waals surface area contributed by atoms with Crippen LogP contribution in [0.5, 0.6) is 5.75 Å². The van der Waals surface area contributed by atoms with Gasteiger partial charge in [-0.25, -0.2) is 0 Å². The second-order valence-electron chi connectivity index (χ2n) is 4.38. The molecule has 0 atom stereocenters. The predicted octanol–water partition coefficient (Wildman–Crippen LogP) is 2.92. The molecule has 0 heterocycles. The van der Waals surface area contributed by atoms with E-state index in [9.17, 15) is 8.42 Å². The van der Waals surface area contributed by atoms with E-state index in [0.29, 0.717) is 5.92 Å². The Morgan fingerprint density at radius 1 is 1.12 bits per heavy atom. The first kappa shape index (κ1) is 12.4. The van der Waals surface area contributed by atoms with Crippen LogP contribution in [0.1, 0.15) is 43.6 Å². The van der Waals surface area contributed by atoms with Crippen molar-refractivity contribution in [1.82, 2.24) is 0 Å². The van der Waals surface area contributed by atoms with E-state index in [4.69, 9.17) is 4.55 Å². The zero-order chi connectivity index (χ0) is 12.3. The zero-order valence-electron chi connectivity index (χ0n) is 9.50. The summed E-state index contributed by atoms with van der Waals surface area (Å²) >= 11 is 0. The Balaban J connectivity index is 2.26. The third-order valence-corrected chi connectivity index (χ3v) is 3.55. The lowest BCUT2D eigenvalue weighted by molar-refractivity contribution is 0.378. The number of rotatable bonds is 3. The summed E-state index contributed by atoms with van der Waals surface area (Å²) in [5.74, 6) is 0.587. The smallest absolute Gasteiger partial charge is 0.362 e. The van der Waals surface area contributed by atoms with Crippen LogP contribution in [0.2, 0.25) is 0 Å². The van der Waals surface area contributed by atoms with E-state index >= 15 is 0 Å². The van der Waals surface area contributed by atoms with Crippen LogP contribution in [-0.4, -0.2) is 13.0 Å². The highest BCUT2D eigenvalue weighted by Gasteiger charge is 2.20. The summed E-state index contributed by atoms with van der Waals surface area (Å²) in [6, 6.07) is 7.02. The molecule has 1 aliphatic carbocycles. The first-order valence-electron chi connectivity index (χ1n) is 5.82. The largest absolute Gasteiger partial charge is 0.446 e. The SMILES string of the molecule is O=S(=O)(O)Oc1ccccc1C1CCCCC1. The van der Waals surface area contributed by atoms with Gasteiger partial charge in [-0.05, 0) is 30.4 Å². The first-order chi connectivity index (χ1) is 8.06. The molecule has 4 nitrogen and oxygen atoms in total. The lowest BCUT2D eigenvalue weighted by Crippen LogP contribution is -2.11. The lowest BCUT2D eigenvalue weighted by atomic mass is 9.84. The number of benzene rings is 1. The molecule has 1 fully saturated rings. The third-order valence-electron chi connectivity index (χ3n) is 3.16. The molecule has 1 aromatic carbocycles. The van der Waals surface area contributed by atoms with Crippen LogP contribution in [-0.2, 0) is 10.4 Å². The number of hydrogen-bond acceptors (Lipinski definition) is 3. The summed E-state index contributed by atoms with van der Waals surface area (Å²) in [5.41, 5.74) is 0.879. The van der Waals surface area contributed by atoms with Crippen molar-refractivity contribution in [3.8, 4) is 5.75 Å². The molecule has 0 unspecified atom stereocenters. The minimum atomic E-state index is -4.44. The topological polar surface area (TPSA) is 63.6 Å². The highest BCUT2D eigenvalue weighted by Crippen LogP contribution is 2.37. The van der Waals surface area contributed by atoms with Gasteiger partial charge in [0.05, 0.1) is 0 Å². The molecular formula is C12H16O4S. The Kier molecular flexibility index (Phi) is 3.69. The summed E-state index contributed by atoms with van der Waals surface area (Å²) in [5, 5.41) is 0. The molecule has 1 N–H and O–H groups in total. The molecule has 5 heteroatoms. The zero-order valence-corrected chi connectivity index (χ0v) is 10.3. The van der Waals surface area contributed by atoms with E-state index in [1.807, 2.05) is 12.1 Å². The van der Waals surface area contributed by atoms with Crippen LogP contribution in [0.25, 0.3) is 0 Å². The lowest BCUT2D eigenvalue weighted by Gasteiger charge is -2.23. The molecule has 1 aromatic rings. The van der Waals surface area contributed by atoms with Gasteiger partial charge in [-0.15, -0.1) is 0 Å². The van der Waals surface area contributed by atoms with Gasteiger partial charge in [0.15, 0.2) is 0 Å². The molecule has 0 bridgehead atoms. The van der Waals surface area contributed by atoms with E-state index in [0.717, 1.165) is 31.2 Å². The normalized spacial score (nSPS) is 17.9. The first-order valence-corrected chi connectivity index (χ1v) is 7.18. The summed E-state index contributed by atoms with van der Waals surface area (Å²) in [7, 11) is -4.44. The summed E-state index contributed by atoms with van der Waals surface area (Å²) in [4.78, 5) is 0. The average molecular weight is 256 g/mol. The number of hydrogen-bond donors (Lipinski definition) is 1. The van der Waals surface area contributed by atoms with Gasteiger partial charge in [-0.3, -0.25) is 4.55 Å². The monoisotopic (exact) mass is 256 g/mol. The van der Waals surface area contributed by atoms with Gasteiger partial charge in [0.25, 0.3) is 0 Å². The van der Waals surface area contributed by atoms with E-state index in [2.05, 4.69) is 4.18 Å². The maximum atomic E-state index is 10.8. The molecule has 0 aromatic heterocycles. The van der Waals surface area contributed by atoms with Crippen molar-refractivity contribution in [3.05, 3.63) is 29.8 Å². The highest BCUT2D eigenvalue weighted by atomic mass is 32.3. The maximum absolute atomic E-state index is 10.8. The molecule has 0 radical (unpaired) electrons. The van der Waals surface area contributed by atoms with E-state index in [1.165, 1.54) is 6.42 Å². The fourth-order valence-electron chi connectivity index (χ4n) is 2.42. The van der Waals surface area contributed by atoms with E-state index in [-0.39, 0.29) is 5.75 Å². The van der Waals surface area contributed by atoms with Crippen molar-refractivity contribution in [2.24, 2.45) is 0 Å². The van der Waals surface area contributed by atoms with Crippen LogP contribution in [0.15, 0.2) is 24.3 Å². The van der Waals surface area contributed by atoms with Crippen molar-refractivity contribution in [2.45, 2.75) is 38.0 Å². The Hall–Kier alpha value is -1.07. The van der Waals surface area contributed by atoms with Gasteiger partial charge >= 0.3 is 10.4 Å². The standard InChI is InChI=1S/C12H16O4S/c13-17(14,15)16-12-9-5-4-8-11(12)10-6-2-1-3-7-10/h4-5,8-10H,1-3,6-7H2,(H,13,14,15). The quantitative estimate of drug-likeness (QED) is 0.844. The minimum absolute atomic E-state index is 0.252. The average Bonchev–Trinajstić information content (AvgIpc) is 2.29. The molecule has 0 saturated heterocycles. The molecule has 17 heavy (non-hydrogen) atoms. The fourth-order valence-corrected chi connectivity index (χ4v) is 2.80. The Bertz CT molecular complexity index is 475. The van der Waals surface area contributed by atoms with Gasteiger partial charge < -0.3 is 4.18 Å². The fraction of sp³-hybridized carbons (Fsp3) is 0.500. The molecule has 0 aliphatic heterocycles. The number of para-hydroxylation sites is 1. The van der Waals surface area contributed by atoms with Gasteiger partial charge in [0, 0.05) is 0 Å². The second kappa shape index (κ2) is 5.06. The summed E-state index contributed by atoms with van der Waals surface area (Å²) in [6.07, 6.45) is 5.64. The van der Waals surface area contributed by atoms with Gasteiger partial charge in [-0.1, -0.05) is 37.5 Å². The van der Waals surface area contributed by atoms with Crippen molar-refractivity contribution in [3.63, 3.8) is 0 Å². The second-order valence-corrected chi connectivity index (χ2v) is 5.41. The molecular weight excluding hydrogens is 240 g/mol. The molecule has 1 saturated carbocycles. The summed E-state index contributed by atoms with van der Waals surface area (Å²) in [6.45, 7) is 0. The highest BCUT2D eigenvalue weighted by molar-refractivity contribution is 7.81. The molecule has 2 rings (SSSR count). The van der Waals surface area contributed by atoms with Crippen molar-refractivity contribution >= 4 is 10.4 Å². The Morgan fingerprint density at radius 2 is 1.76 bits per heavy atom. The maximum Gasteiger partial charge on any atom is 0.446 e. The summed E-state index contributed by atoms with van der Waals surface area (Å²) < 4.78 is 34.9. The van der Waals surface area contributed by atoms with Gasteiger partial charge in [0.2, 0.25) is 0 Å². The van der Waals surface area contributed by atoms with Crippen molar-refractivity contribution in [1.29, 1.82) is 0 Å². The van der Waals surface area contributed by atoms with Crippen molar-refractivity contribution in [2.75, 3.05) is 0 Å². The van der Waals surface area contributed by atoms with Crippen molar-refractivity contribution < 1.29 is 17.2 Å². The third kappa shape index (κ3) is 3.44. The predicted molar refractivity (Wildman–Crippen MR) is 64.4 cm³/mol. The molecule has 1 aliphatic rings. The molecule has 0 amide bonds. The van der Waals surface area contributed by atoms with E-state index in [1.54, 1.807) is 12.1 Å². The van der Waals surface area contributed by atoms with Crippen LogP contribution >= 0.6 is 0 Å². The molecule has 94 valence electrons. The van der Waals surface area contributed by atoms with Crippen LogP contribution in [0.3, 0.4) is 0 Å².